The molecule has 1 aliphatic heterocycles. The number of carbonyl (C=O) groups is 1. The number of benzene rings is 1. The number of ether oxygens (including phenoxy) is 1. The highest BCUT2D eigenvalue weighted by Gasteiger charge is 2.29. The first-order valence-electron chi connectivity index (χ1n) is 7.29. The first kappa shape index (κ1) is 16.8. The second-order valence-electron chi connectivity index (χ2n) is 5.44. The maximum absolute atomic E-state index is 12.3. The standard InChI is InChI=1S/C15H22N2O4S/c1-21-13-6-3-5-12(11-13)14-7-4-10-17(14)15(18)8-9-16-22(2,19)20/h3,5-6,11,14,16H,4,7-10H2,1-2H3. The molecular formula is C15H22N2O4S. The summed E-state index contributed by atoms with van der Waals surface area (Å²) in [6.07, 6.45) is 3.13. The molecule has 0 saturated carbocycles. The number of likely N-dealkylation sites (tertiary alicyclic amines) is 1. The zero-order chi connectivity index (χ0) is 16.2. The number of rotatable bonds is 6. The van der Waals surface area contributed by atoms with Crippen molar-refractivity contribution in [2.24, 2.45) is 0 Å². The lowest BCUT2D eigenvalue weighted by Gasteiger charge is -2.25. The van der Waals surface area contributed by atoms with E-state index >= 15 is 0 Å². The third-order valence-electron chi connectivity index (χ3n) is 3.75. The van der Waals surface area contributed by atoms with Crippen LogP contribution in [0.15, 0.2) is 24.3 Å². The molecule has 1 aromatic carbocycles. The van der Waals surface area contributed by atoms with E-state index in [1.54, 1.807) is 7.11 Å². The Kier molecular flexibility index (Phi) is 5.42. The van der Waals surface area contributed by atoms with Crippen molar-refractivity contribution in [1.29, 1.82) is 0 Å². The van der Waals surface area contributed by atoms with Gasteiger partial charge >= 0.3 is 0 Å². The monoisotopic (exact) mass is 326 g/mol. The largest absolute Gasteiger partial charge is 0.497 e. The highest BCUT2D eigenvalue weighted by Crippen LogP contribution is 2.33. The van der Waals surface area contributed by atoms with Gasteiger partial charge < -0.3 is 9.64 Å². The smallest absolute Gasteiger partial charge is 0.224 e. The van der Waals surface area contributed by atoms with Gasteiger partial charge in [0, 0.05) is 19.5 Å². The van der Waals surface area contributed by atoms with Crippen LogP contribution in [0.25, 0.3) is 0 Å². The Bertz CT molecular complexity index is 630. The van der Waals surface area contributed by atoms with Crippen molar-refractivity contribution < 1.29 is 17.9 Å². The summed E-state index contributed by atoms with van der Waals surface area (Å²) in [6, 6.07) is 7.78. The van der Waals surface area contributed by atoms with Gasteiger partial charge in [0.15, 0.2) is 0 Å². The van der Waals surface area contributed by atoms with Crippen LogP contribution in [0.1, 0.15) is 30.9 Å². The van der Waals surface area contributed by atoms with Crippen molar-refractivity contribution in [1.82, 2.24) is 9.62 Å². The van der Waals surface area contributed by atoms with E-state index in [0.717, 1.165) is 30.4 Å². The van der Waals surface area contributed by atoms with Crippen LogP contribution in [0.3, 0.4) is 0 Å². The second kappa shape index (κ2) is 7.11. The van der Waals surface area contributed by atoms with Gasteiger partial charge in [0.25, 0.3) is 0 Å². The maximum Gasteiger partial charge on any atom is 0.224 e. The fraction of sp³-hybridized carbons (Fsp3) is 0.533. The lowest BCUT2D eigenvalue weighted by Crippen LogP contribution is -2.34. The van der Waals surface area contributed by atoms with Crippen molar-refractivity contribution in [2.75, 3.05) is 26.5 Å². The summed E-state index contributed by atoms with van der Waals surface area (Å²) in [6.45, 7) is 0.846. The fourth-order valence-corrected chi connectivity index (χ4v) is 3.22. The van der Waals surface area contributed by atoms with Gasteiger partial charge in [-0.1, -0.05) is 12.1 Å². The summed E-state index contributed by atoms with van der Waals surface area (Å²) in [5.74, 6) is 0.747. The van der Waals surface area contributed by atoms with E-state index < -0.39 is 10.0 Å². The van der Waals surface area contributed by atoms with E-state index in [2.05, 4.69) is 4.72 Å². The Morgan fingerprint density at radius 1 is 1.45 bits per heavy atom. The quantitative estimate of drug-likeness (QED) is 0.855. The van der Waals surface area contributed by atoms with Crippen LogP contribution in [0.5, 0.6) is 5.75 Å². The molecule has 0 spiro atoms. The minimum atomic E-state index is -3.26. The summed E-state index contributed by atoms with van der Waals surface area (Å²) in [7, 11) is -1.64. The van der Waals surface area contributed by atoms with Crippen LogP contribution in [-0.2, 0) is 14.8 Å². The summed E-state index contributed by atoms with van der Waals surface area (Å²) < 4.78 is 29.7. The van der Waals surface area contributed by atoms with Gasteiger partial charge in [0.1, 0.15) is 5.75 Å². The zero-order valence-electron chi connectivity index (χ0n) is 12.9. The predicted molar refractivity (Wildman–Crippen MR) is 84.1 cm³/mol. The Balaban J connectivity index is 2.02. The summed E-state index contributed by atoms with van der Waals surface area (Å²) in [5.41, 5.74) is 1.06. The lowest BCUT2D eigenvalue weighted by molar-refractivity contribution is -0.131. The predicted octanol–water partition coefficient (Wildman–Crippen LogP) is 1.30. The number of nitrogens with zero attached hydrogens (tertiary/aromatic N) is 1. The lowest BCUT2D eigenvalue weighted by atomic mass is 10.0. The van der Waals surface area contributed by atoms with E-state index in [1.807, 2.05) is 29.2 Å². The number of hydrogen-bond acceptors (Lipinski definition) is 4. The van der Waals surface area contributed by atoms with Crippen LogP contribution < -0.4 is 9.46 Å². The average Bonchev–Trinajstić information content (AvgIpc) is 2.95. The zero-order valence-corrected chi connectivity index (χ0v) is 13.7. The van der Waals surface area contributed by atoms with Crippen LogP contribution in [0, 0.1) is 0 Å². The summed E-state index contributed by atoms with van der Waals surface area (Å²) in [5, 5.41) is 0. The van der Waals surface area contributed by atoms with Gasteiger partial charge in [-0.15, -0.1) is 0 Å². The van der Waals surface area contributed by atoms with E-state index in [4.69, 9.17) is 4.74 Å². The molecule has 0 radical (unpaired) electrons. The van der Waals surface area contributed by atoms with E-state index in [9.17, 15) is 13.2 Å². The highest BCUT2D eigenvalue weighted by atomic mass is 32.2. The van der Waals surface area contributed by atoms with Gasteiger partial charge in [-0.3, -0.25) is 4.79 Å². The molecule has 1 fully saturated rings. The van der Waals surface area contributed by atoms with Gasteiger partial charge in [0.05, 0.1) is 19.4 Å². The molecule has 0 aromatic heterocycles. The molecule has 1 aromatic rings. The molecule has 2 rings (SSSR count). The minimum absolute atomic E-state index is 0.0264. The first-order chi connectivity index (χ1) is 10.4. The van der Waals surface area contributed by atoms with Crippen molar-refractivity contribution in [3.8, 4) is 5.75 Å². The van der Waals surface area contributed by atoms with E-state index in [1.165, 1.54) is 0 Å². The molecule has 0 bridgehead atoms. The molecule has 122 valence electrons. The van der Waals surface area contributed by atoms with Gasteiger partial charge in [-0.05, 0) is 30.5 Å². The van der Waals surface area contributed by atoms with Crippen LogP contribution >= 0.6 is 0 Å². The Labute approximate surface area is 131 Å². The fourth-order valence-electron chi connectivity index (χ4n) is 2.75. The molecule has 1 aliphatic rings. The molecule has 22 heavy (non-hydrogen) atoms. The van der Waals surface area contributed by atoms with Crippen molar-refractivity contribution in [3.05, 3.63) is 29.8 Å². The summed E-state index contributed by atoms with van der Waals surface area (Å²) >= 11 is 0. The first-order valence-corrected chi connectivity index (χ1v) is 9.18. The molecule has 1 amide bonds. The van der Waals surface area contributed by atoms with Crippen LogP contribution in [-0.4, -0.2) is 45.7 Å². The molecule has 1 N–H and O–H groups in total. The second-order valence-corrected chi connectivity index (χ2v) is 7.27. The number of hydrogen-bond donors (Lipinski definition) is 1. The van der Waals surface area contributed by atoms with Gasteiger partial charge in [-0.25, -0.2) is 13.1 Å². The van der Waals surface area contributed by atoms with Crippen molar-refractivity contribution in [3.63, 3.8) is 0 Å². The number of nitrogens with one attached hydrogen (secondary N) is 1. The average molecular weight is 326 g/mol. The molecule has 1 unspecified atom stereocenters. The normalized spacial score (nSPS) is 18.5. The third kappa shape index (κ3) is 4.45. The molecule has 1 atom stereocenters. The number of sulfonamides is 1. The molecule has 7 heteroatoms. The SMILES string of the molecule is COc1cccc(C2CCCN2C(=O)CCNS(C)(=O)=O)c1. The van der Waals surface area contributed by atoms with Crippen LogP contribution in [0.2, 0.25) is 0 Å². The molecule has 0 aliphatic carbocycles. The highest BCUT2D eigenvalue weighted by molar-refractivity contribution is 7.88. The Morgan fingerprint density at radius 2 is 2.23 bits per heavy atom. The molecular weight excluding hydrogens is 304 g/mol. The minimum Gasteiger partial charge on any atom is -0.497 e. The van der Waals surface area contributed by atoms with Gasteiger partial charge in [0.2, 0.25) is 15.9 Å². The maximum atomic E-state index is 12.3. The Hall–Kier alpha value is -1.60. The van der Waals surface area contributed by atoms with Crippen LogP contribution in [0.4, 0.5) is 0 Å². The Morgan fingerprint density at radius 3 is 2.91 bits per heavy atom. The number of methoxy groups -OCH3 is 1. The van der Waals surface area contributed by atoms with E-state index in [0.29, 0.717) is 6.54 Å². The van der Waals surface area contributed by atoms with Crippen molar-refractivity contribution >= 4 is 15.9 Å². The summed E-state index contributed by atoms with van der Waals surface area (Å²) in [4.78, 5) is 14.2. The number of carbonyl (C=O) groups excluding carboxylic acids is 1. The number of amides is 1. The van der Waals surface area contributed by atoms with Crippen molar-refractivity contribution in [2.45, 2.75) is 25.3 Å². The molecule has 1 saturated heterocycles. The molecule has 6 nitrogen and oxygen atoms in total. The van der Waals surface area contributed by atoms with E-state index in [-0.39, 0.29) is 24.9 Å². The molecule has 1 heterocycles. The van der Waals surface area contributed by atoms with Gasteiger partial charge in [-0.2, -0.15) is 0 Å². The topological polar surface area (TPSA) is 75.7 Å². The third-order valence-corrected chi connectivity index (χ3v) is 4.48.